The second kappa shape index (κ2) is 7.79. The molecule has 0 saturated carbocycles. The highest BCUT2D eigenvalue weighted by atomic mass is 16.5. The first-order valence-electron chi connectivity index (χ1n) is 12.5. The summed E-state index contributed by atoms with van der Waals surface area (Å²) in [5.41, 5.74) is 11.2. The van der Waals surface area contributed by atoms with E-state index in [1.165, 1.54) is 27.8 Å². The molecular weight excluding hydrogens is 442 g/mol. The molecule has 0 saturated heterocycles. The number of nitrogens with zero attached hydrogens (tertiary/aromatic N) is 3. The van der Waals surface area contributed by atoms with Gasteiger partial charge in [0, 0.05) is 23.2 Å². The van der Waals surface area contributed by atoms with Crippen molar-refractivity contribution < 1.29 is 4.74 Å². The third-order valence-corrected chi connectivity index (χ3v) is 7.38. The molecule has 1 aliphatic rings. The van der Waals surface area contributed by atoms with E-state index >= 15 is 0 Å². The molecule has 0 spiro atoms. The van der Waals surface area contributed by atoms with Gasteiger partial charge in [-0.2, -0.15) is 0 Å². The quantitative estimate of drug-likeness (QED) is 0.239. The zero-order valence-corrected chi connectivity index (χ0v) is 22.0. The van der Waals surface area contributed by atoms with Crippen molar-refractivity contribution in [1.82, 2.24) is 9.97 Å². The number of rotatable bonds is 1. The number of hydrogen-bond acceptors (Lipinski definition) is 4. The van der Waals surface area contributed by atoms with Crippen molar-refractivity contribution in [2.45, 2.75) is 53.9 Å². The minimum Gasteiger partial charge on any atom is -0.453 e. The molecule has 36 heavy (non-hydrogen) atoms. The van der Waals surface area contributed by atoms with Gasteiger partial charge in [-0.1, -0.05) is 32.9 Å². The Balaban J connectivity index is 1.77. The highest BCUT2D eigenvalue weighted by molar-refractivity contribution is 6.09. The largest absolute Gasteiger partial charge is 0.453 e. The van der Waals surface area contributed by atoms with Crippen LogP contribution >= 0.6 is 0 Å². The second-order valence-corrected chi connectivity index (χ2v) is 11.0. The van der Waals surface area contributed by atoms with Crippen molar-refractivity contribution >= 4 is 38.9 Å². The molecule has 0 aliphatic carbocycles. The Hall–Kier alpha value is -3.92. The van der Waals surface area contributed by atoms with E-state index in [1.807, 2.05) is 12.4 Å². The van der Waals surface area contributed by atoms with Gasteiger partial charge in [0.15, 0.2) is 11.5 Å². The standard InChI is InChI=1S/C32H31N3O/c1-18-12-14-33-27-23(18)8-10-25-30(27)35(29-20(3)16-22(17-21(29)4)32(5,6)7)31-26(36-25)11-9-24-19(2)13-15-34-28(24)31/h8-17H,1-7H3. The highest BCUT2D eigenvalue weighted by Crippen LogP contribution is 2.56. The van der Waals surface area contributed by atoms with Gasteiger partial charge in [-0.25, -0.2) is 0 Å². The van der Waals surface area contributed by atoms with Crippen LogP contribution in [0.2, 0.25) is 0 Å². The minimum atomic E-state index is 0.0611. The Morgan fingerprint density at radius 1 is 0.611 bits per heavy atom. The van der Waals surface area contributed by atoms with Gasteiger partial charge in [0.1, 0.15) is 11.4 Å². The average molecular weight is 474 g/mol. The van der Waals surface area contributed by atoms with Crippen molar-refractivity contribution in [2.75, 3.05) is 4.90 Å². The summed E-state index contributed by atoms with van der Waals surface area (Å²) < 4.78 is 6.56. The van der Waals surface area contributed by atoms with E-state index in [9.17, 15) is 0 Å². The first-order valence-corrected chi connectivity index (χ1v) is 12.5. The van der Waals surface area contributed by atoms with Gasteiger partial charge in [-0.3, -0.25) is 14.9 Å². The van der Waals surface area contributed by atoms with Gasteiger partial charge in [0.25, 0.3) is 0 Å². The monoisotopic (exact) mass is 473 g/mol. The molecule has 3 aromatic carbocycles. The summed E-state index contributed by atoms with van der Waals surface area (Å²) in [4.78, 5) is 12.1. The van der Waals surface area contributed by atoms with Crippen LogP contribution in [-0.2, 0) is 5.41 Å². The molecule has 2 aromatic heterocycles. The first kappa shape index (κ1) is 22.5. The van der Waals surface area contributed by atoms with Gasteiger partial charge >= 0.3 is 0 Å². The van der Waals surface area contributed by atoms with E-state index in [4.69, 9.17) is 14.7 Å². The van der Waals surface area contributed by atoms with Crippen LogP contribution in [-0.4, -0.2) is 9.97 Å². The number of fused-ring (bicyclic) bond motifs is 6. The van der Waals surface area contributed by atoms with Crippen LogP contribution in [0.5, 0.6) is 11.5 Å². The lowest BCUT2D eigenvalue weighted by Crippen LogP contribution is -2.20. The number of ether oxygens (including phenoxy) is 1. The number of aromatic nitrogens is 2. The van der Waals surface area contributed by atoms with E-state index in [0.29, 0.717) is 0 Å². The molecule has 4 heteroatoms. The van der Waals surface area contributed by atoms with E-state index in [0.717, 1.165) is 50.4 Å². The predicted octanol–water partition coefficient (Wildman–Crippen LogP) is 8.89. The molecule has 180 valence electrons. The maximum Gasteiger partial charge on any atom is 0.153 e. The fraction of sp³-hybridized carbons (Fsp3) is 0.250. The van der Waals surface area contributed by atoms with E-state index < -0.39 is 0 Å². The molecule has 0 unspecified atom stereocenters. The van der Waals surface area contributed by atoms with Gasteiger partial charge in [-0.15, -0.1) is 0 Å². The van der Waals surface area contributed by atoms with Crippen molar-refractivity contribution in [1.29, 1.82) is 0 Å². The van der Waals surface area contributed by atoms with Crippen molar-refractivity contribution in [3.8, 4) is 11.5 Å². The fourth-order valence-corrected chi connectivity index (χ4v) is 5.44. The molecule has 5 aromatic rings. The van der Waals surface area contributed by atoms with Crippen LogP contribution in [0.1, 0.15) is 48.6 Å². The molecule has 0 fully saturated rings. The van der Waals surface area contributed by atoms with Crippen LogP contribution in [0.15, 0.2) is 60.9 Å². The molecule has 0 radical (unpaired) electrons. The molecule has 1 aliphatic heterocycles. The van der Waals surface area contributed by atoms with Gasteiger partial charge < -0.3 is 4.74 Å². The van der Waals surface area contributed by atoms with Gasteiger partial charge in [-0.05, 0) is 97.3 Å². The third-order valence-electron chi connectivity index (χ3n) is 7.38. The highest BCUT2D eigenvalue weighted by Gasteiger charge is 2.33. The average Bonchev–Trinajstić information content (AvgIpc) is 2.82. The topological polar surface area (TPSA) is 38.2 Å². The number of pyridine rings is 2. The molecule has 0 atom stereocenters. The van der Waals surface area contributed by atoms with Crippen LogP contribution < -0.4 is 9.64 Å². The maximum atomic E-state index is 6.56. The van der Waals surface area contributed by atoms with Crippen molar-refractivity contribution in [2.24, 2.45) is 0 Å². The molecular formula is C32H31N3O. The number of benzene rings is 3. The smallest absolute Gasteiger partial charge is 0.153 e. The lowest BCUT2D eigenvalue weighted by molar-refractivity contribution is 0.478. The molecule has 3 heterocycles. The fourth-order valence-electron chi connectivity index (χ4n) is 5.44. The summed E-state index contributed by atoms with van der Waals surface area (Å²) in [5, 5.41) is 2.25. The Kier molecular flexibility index (Phi) is 4.88. The van der Waals surface area contributed by atoms with Crippen LogP contribution in [0.25, 0.3) is 21.8 Å². The maximum absolute atomic E-state index is 6.56. The zero-order chi connectivity index (χ0) is 25.4. The number of aryl methyl sites for hydroxylation is 4. The van der Waals surface area contributed by atoms with Crippen molar-refractivity contribution in [3.05, 3.63) is 88.7 Å². The molecule has 4 nitrogen and oxygen atoms in total. The lowest BCUT2D eigenvalue weighted by atomic mass is 9.84. The Bertz CT molecular complexity index is 1580. The van der Waals surface area contributed by atoms with E-state index in [1.54, 1.807) is 0 Å². The summed E-state index contributed by atoms with van der Waals surface area (Å²) in [7, 11) is 0. The number of hydrogen-bond donors (Lipinski definition) is 0. The summed E-state index contributed by atoms with van der Waals surface area (Å²) in [6.45, 7) is 15.5. The molecule has 6 rings (SSSR count). The Labute approximate surface area is 212 Å². The predicted molar refractivity (Wildman–Crippen MR) is 149 cm³/mol. The second-order valence-electron chi connectivity index (χ2n) is 11.0. The summed E-state index contributed by atoms with van der Waals surface area (Å²) >= 11 is 0. The Morgan fingerprint density at radius 3 is 1.53 bits per heavy atom. The van der Waals surface area contributed by atoms with Gasteiger partial charge in [0.2, 0.25) is 0 Å². The summed E-state index contributed by atoms with van der Waals surface area (Å²) in [6.07, 6.45) is 3.78. The molecule has 0 amide bonds. The zero-order valence-electron chi connectivity index (χ0n) is 22.0. The van der Waals surface area contributed by atoms with Crippen molar-refractivity contribution in [3.63, 3.8) is 0 Å². The van der Waals surface area contributed by atoms with Gasteiger partial charge in [0.05, 0.1) is 16.7 Å². The molecule has 0 bridgehead atoms. The third kappa shape index (κ3) is 3.28. The normalized spacial score (nSPS) is 13.0. The Morgan fingerprint density at radius 2 is 1.08 bits per heavy atom. The first-order chi connectivity index (χ1) is 17.1. The lowest BCUT2D eigenvalue weighted by Gasteiger charge is -2.36. The SMILES string of the molecule is Cc1cc(C(C)(C)C)cc(C)c1N1c2c(ccc3c(C)ccnc23)Oc2ccc3c(C)ccnc3c21. The van der Waals surface area contributed by atoms with E-state index in [-0.39, 0.29) is 5.41 Å². The number of anilines is 3. The summed E-state index contributed by atoms with van der Waals surface area (Å²) in [6, 6.07) is 17.2. The van der Waals surface area contributed by atoms with Crippen LogP contribution in [0.4, 0.5) is 17.1 Å². The minimum absolute atomic E-state index is 0.0611. The van der Waals surface area contributed by atoms with E-state index in [2.05, 4.69) is 102 Å². The summed E-state index contributed by atoms with van der Waals surface area (Å²) in [5.74, 6) is 1.61. The van der Waals surface area contributed by atoms with Crippen LogP contribution in [0, 0.1) is 27.7 Å². The van der Waals surface area contributed by atoms with Crippen LogP contribution in [0.3, 0.4) is 0 Å². The molecule has 0 N–H and O–H groups in total.